The van der Waals surface area contributed by atoms with E-state index in [0.717, 1.165) is 13.8 Å². The summed E-state index contributed by atoms with van der Waals surface area (Å²) in [6.07, 6.45) is -10.6. The summed E-state index contributed by atoms with van der Waals surface area (Å²) in [5, 5.41) is 49.6. The fraction of sp³-hybridized carbons (Fsp3) is 0.698. The zero-order valence-electron chi connectivity index (χ0n) is 58.2. The first kappa shape index (κ1) is 83.7. The summed E-state index contributed by atoms with van der Waals surface area (Å²) in [5.41, 5.74) is 8.65. The molecule has 1 aliphatic rings. The molecule has 0 aromatic heterocycles. The maximum atomic E-state index is 15.7. The van der Waals surface area contributed by atoms with Crippen molar-refractivity contribution < 1.29 is 91.5 Å². The molecule has 17 N–H and O–H groups in total. The number of alkyl carbamates (subject to hydrolysis) is 4. The minimum atomic E-state index is -2.32. The molecular formula is C63H106N14O19. The van der Waals surface area contributed by atoms with Gasteiger partial charge in [0.2, 0.25) is 41.4 Å². The first-order valence-corrected chi connectivity index (χ1v) is 32.0. The fourth-order valence-electron chi connectivity index (χ4n) is 9.11. The number of benzene rings is 1. The molecule has 0 saturated carbocycles. The van der Waals surface area contributed by atoms with Gasteiger partial charge in [-0.2, -0.15) is 0 Å². The number of ether oxygens (including phenoxy) is 4. The van der Waals surface area contributed by atoms with E-state index >= 15 is 24.0 Å². The Hall–Kier alpha value is -8.43. The second kappa shape index (κ2) is 38.3. The molecule has 1 saturated heterocycles. The summed E-state index contributed by atoms with van der Waals surface area (Å²) in [4.78, 5) is 187. The molecule has 1 aliphatic heterocycles. The van der Waals surface area contributed by atoms with E-state index in [1.807, 2.05) is 0 Å². The number of nitrogens with one attached hydrogen (secondary N) is 11. The molecule has 0 radical (unpaired) electrons. The molecule has 0 bridgehead atoms. The lowest BCUT2D eigenvalue weighted by Gasteiger charge is -2.36. The van der Waals surface area contributed by atoms with Gasteiger partial charge in [0.1, 0.15) is 76.8 Å². The van der Waals surface area contributed by atoms with Crippen LogP contribution in [0.25, 0.3) is 0 Å². The molecule has 11 atom stereocenters. The summed E-state index contributed by atoms with van der Waals surface area (Å²) in [6.45, 7) is 22.3. The minimum Gasteiger partial charge on any atom is -0.444 e. The first-order chi connectivity index (χ1) is 44.3. The Bertz CT molecular complexity index is 2810. The van der Waals surface area contributed by atoms with Crippen LogP contribution in [-0.4, -0.2) is 214 Å². The second-order valence-electron chi connectivity index (χ2n) is 27.7. The van der Waals surface area contributed by atoms with Crippen LogP contribution in [-0.2, 0) is 68.5 Å². The number of nitrogens with zero attached hydrogens (tertiary/aromatic N) is 1. The number of aliphatic hydroxyl groups excluding tert-OH is 2. The molecule has 96 heavy (non-hydrogen) atoms. The van der Waals surface area contributed by atoms with Gasteiger partial charge in [0.15, 0.2) is 0 Å². The summed E-state index contributed by atoms with van der Waals surface area (Å²) >= 11 is 0. The average molecular weight is 1360 g/mol. The van der Waals surface area contributed by atoms with Crippen LogP contribution in [0.1, 0.15) is 155 Å². The predicted molar refractivity (Wildman–Crippen MR) is 349 cm³/mol. The van der Waals surface area contributed by atoms with Crippen molar-refractivity contribution in [3.63, 3.8) is 0 Å². The van der Waals surface area contributed by atoms with Crippen molar-refractivity contribution in [3.8, 4) is 0 Å². The van der Waals surface area contributed by atoms with Crippen molar-refractivity contribution in [2.75, 3.05) is 32.7 Å². The van der Waals surface area contributed by atoms with Crippen LogP contribution in [0.2, 0.25) is 0 Å². The van der Waals surface area contributed by atoms with E-state index in [1.54, 1.807) is 127 Å². The van der Waals surface area contributed by atoms with Gasteiger partial charge in [-0.3, -0.25) is 48.1 Å². The molecule has 1 aromatic rings. The van der Waals surface area contributed by atoms with E-state index < -0.39 is 225 Å². The lowest BCUT2D eigenvalue weighted by Crippen LogP contribution is -2.66. The second-order valence-corrected chi connectivity index (χ2v) is 27.7. The zero-order valence-corrected chi connectivity index (χ0v) is 58.2. The highest BCUT2D eigenvalue weighted by atomic mass is 16.6. The summed E-state index contributed by atoms with van der Waals surface area (Å²) in [6, 6.07) is -8.48. The molecule has 2 rings (SSSR count). The van der Waals surface area contributed by atoms with Gasteiger partial charge < -0.3 is 99.1 Å². The van der Waals surface area contributed by atoms with E-state index in [-0.39, 0.29) is 30.2 Å². The summed E-state index contributed by atoms with van der Waals surface area (Å²) in [7, 11) is 0. The Balaban J connectivity index is 3.27. The molecule has 1 fully saturated rings. The Kier molecular flexibility index (Phi) is 33.4. The Labute approximate surface area is 561 Å². The van der Waals surface area contributed by atoms with Gasteiger partial charge in [-0.1, -0.05) is 44.2 Å². The predicted octanol–water partition coefficient (Wildman–Crippen LogP) is -0.497. The highest BCUT2D eigenvalue weighted by Gasteiger charge is 2.45. The quantitative estimate of drug-likeness (QED) is 0.0614. The molecule has 33 nitrogen and oxygen atoms in total. The molecule has 0 spiro atoms. The average Bonchev–Trinajstić information content (AvgIpc) is 0.837. The van der Waals surface area contributed by atoms with E-state index in [2.05, 4.69) is 58.5 Å². The molecule has 0 unspecified atom stereocenters. The third-order valence-corrected chi connectivity index (χ3v) is 13.6. The van der Waals surface area contributed by atoms with Crippen molar-refractivity contribution in [2.45, 2.75) is 245 Å². The van der Waals surface area contributed by atoms with Gasteiger partial charge in [-0.25, -0.2) is 19.2 Å². The number of carbonyl (C=O) groups is 13. The van der Waals surface area contributed by atoms with Crippen LogP contribution in [0.5, 0.6) is 0 Å². The standard InChI is InChI=1S/C63H106N14O19/c1-34(2)32-42-50(83)71-38(23-28-66-56(89)93-60(5,6)7)47(80)70-40(25-30-68-58(91)95-62(11,12)13)49(82)76-46(36(4)79)55(88)77(54(87)41(73-53(86)45(65)35(3)78)26-31-69-59(92)96-63(14,15)16)44(22-27-64)52(85)72-39(24-29-67-57(90)94-61(8,9)10)48(81)75-43(51(84)74-42)33-37-20-18-17-19-21-37/h17-21,34-36,38-46,78-79H,22-33,64-65H2,1-16H3,(H,66,89)(H,67,90)(H,68,91)(H,69,92)(H,70,80)(H,71,83)(H,72,85)(H,73,86)(H,74,84)(H,75,81)(H,76,82)/t35-,36-,38+,39+,40+,41+,42+,43-,44+,45+,46+/m1/s1. The third-order valence-electron chi connectivity index (χ3n) is 13.6. The van der Waals surface area contributed by atoms with E-state index in [1.165, 1.54) is 0 Å². The number of rotatable bonds is 23. The molecule has 0 aliphatic carbocycles. The maximum Gasteiger partial charge on any atom is 0.407 e. The number of hydrogen-bond donors (Lipinski definition) is 15. The van der Waals surface area contributed by atoms with Crippen LogP contribution in [0.3, 0.4) is 0 Å². The molecular weight excluding hydrogens is 1260 g/mol. The highest BCUT2D eigenvalue weighted by molar-refractivity contribution is 6.07. The lowest BCUT2D eigenvalue weighted by molar-refractivity contribution is -0.158. The molecule has 1 aromatic carbocycles. The van der Waals surface area contributed by atoms with Crippen molar-refractivity contribution in [2.24, 2.45) is 17.4 Å². The monoisotopic (exact) mass is 1360 g/mol. The summed E-state index contributed by atoms with van der Waals surface area (Å²) < 4.78 is 21.5. The van der Waals surface area contributed by atoms with Crippen molar-refractivity contribution >= 4 is 77.5 Å². The molecule has 542 valence electrons. The number of amides is 13. The van der Waals surface area contributed by atoms with Gasteiger partial charge in [0, 0.05) is 32.6 Å². The Morgan fingerprint density at radius 3 is 1.27 bits per heavy atom. The van der Waals surface area contributed by atoms with E-state index in [9.17, 15) is 48.6 Å². The maximum absolute atomic E-state index is 15.7. The molecule has 33 heteroatoms. The Morgan fingerprint density at radius 1 is 0.521 bits per heavy atom. The highest BCUT2D eigenvalue weighted by Crippen LogP contribution is 2.18. The normalized spacial score (nSPS) is 21.3. The number of nitrogens with two attached hydrogens (primary N) is 2. The Morgan fingerprint density at radius 2 is 0.885 bits per heavy atom. The smallest absolute Gasteiger partial charge is 0.407 e. The molecule has 13 amide bonds. The minimum absolute atomic E-state index is 0.0882. The SMILES string of the molecule is CC(C)C[C@@H]1NC(=O)[C@@H](Cc2ccccc2)NC(=O)[C@H](CCNC(=O)OC(C)(C)C)NC(=O)[C@H](CCN)N(C(=O)[C@H](CCNC(=O)OC(C)(C)C)NC(=O)[C@@H](N)[C@@H](C)O)C(=O)[C@H]([C@@H](C)O)NC(=O)[C@H](CCNC(=O)OC(C)(C)C)NC(=O)[C@H](CCNC(=O)OC(C)(C)C)NC1=O. The van der Waals surface area contributed by atoms with Crippen LogP contribution in [0.15, 0.2) is 30.3 Å². The van der Waals surface area contributed by atoms with Gasteiger partial charge in [-0.05, 0) is 153 Å². The van der Waals surface area contributed by atoms with Crippen molar-refractivity contribution in [1.82, 2.24) is 63.4 Å². The van der Waals surface area contributed by atoms with Gasteiger partial charge in [-0.15, -0.1) is 0 Å². The number of hydrogen-bond acceptors (Lipinski definition) is 21. The first-order valence-electron chi connectivity index (χ1n) is 32.0. The van der Waals surface area contributed by atoms with Crippen molar-refractivity contribution in [1.29, 1.82) is 0 Å². The number of imide groups is 1. The van der Waals surface area contributed by atoms with Crippen LogP contribution in [0.4, 0.5) is 19.2 Å². The van der Waals surface area contributed by atoms with Gasteiger partial charge in [0.25, 0.3) is 11.8 Å². The van der Waals surface area contributed by atoms with Crippen LogP contribution >= 0.6 is 0 Å². The van der Waals surface area contributed by atoms with Crippen molar-refractivity contribution in [3.05, 3.63) is 35.9 Å². The van der Waals surface area contributed by atoms with Crippen LogP contribution in [0, 0.1) is 5.92 Å². The van der Waals surface area contributed by atoms with E-state index in [4.69, 9.17) is 30.4 Å². The zero-order chi connectivity index (χ0) is 73.2. The van der Waals surface area contributed by atoms with E-state index in [0.29, 0.717) is 5.56 Å². The fourth-order valence-corrected chi connectivity index (χ4v) is 9.11. The van der Waals surface area contributed by atoms with Gasteiger partial charge in [0.05, 0.1) is 12.2 Å². The molecule has 1 heterocycles. The number of carbonyl (C=O) groups excluding carboxylic acids is 13. The topological polar surface area (TPSA) is 487 Å². The van der Waals surface area contributed by atoms with Gasteiger partial charge >= 0.3 is 24.4 Å². The lowest BCUT2D eigenvalue weighted by atomic mass is 10.00. The number of aliphatic hydroxyl groups is 2. The third kappa shape index (κ3) is 31.9. The largest absolute Gasteiger partial charge is 0.444 e. The van der Waals surface area contributed by atoms with Crippen LogP contribution < -0.4 is 70.0 Å². The summed E-state index contributed by atoms with van der Waals surface area (Å²) in [5.74, 6) is -11.4.